The van der Waals surface area contributed by atoms with Crippen molar-refractivity contribution in [3.63, 3.8) is 0 Å². The Morgan fingerprint density at radius 2 is 2.08 bits per heavy atom. The van der Waals surface area contributed by atoms with E-state index in [0.717, 1.165) is 0 Å². The van der Waals surface area contributed by atoms with Gasteiger partial charge in [-0.3, -0.25) is 9.13 Å². The van der Waals surface area contributed by atoms with Crippen LogP contribution in [0, 0.1) is 0 Å². The molecule has 2 rings (SSSR count). The van der Waals surface area contributed by atoms with Crippen LogP contribution in [0.2, 0.25) is 0 Å². The number of ether oxygens (including phenoxy) is 3. The molecule has 2 aromatic heterocycles. The maximum absolute atomic E-state index is 12.1. The fraction of sp³-hybridized carbons (Fsp3) is 0.615. The third kappa shape index (κ3) is 5.26. The van der Waals surface area contributed by atoms with Crippen LogP contribution in [0.3, 0.4) is 0 Å². The predicted molar refractivity (Wildman–Crippen MR) is 92.2 cm³/mol. The van der Waals surface area contributed by atoms with Crippen LogP contribution in [-0.2, 0) is 25.1 Å². The van der Waals surface area contributed by atoms with Crippen LogP contribution in [0.1, 0.15) is 6.92 Å². The first-order valence-corrected chi connectivity index (χ1v) is 9.56. The maximum Gasteiger partial charge on any atom is 0.353 e. The minimum atomic E-state index is -3.79. The fourth-order valence-electron chi connectivity index (χ4n) is 2.09. The molecule has 0 radical (unpaired) electrons. The van der Waals surface area contributed by atoms with Crippen LogP contribution < -0.4 is 16.2 Å². The SMILES string of the molecule is CCOP(=O)(O)COCCn1c(=O)[nH]c2c(N)nc(OCCOC)nc21. The topological polar surface area (TPSA) is 164 Å². The number of nitrogens with two attached hydrogens (primary N) is 1. The Hall–Kier alpha value is -1.98. The highest BCUT2D eigenvalue weighted by atomic mass is 31.2. The van der Waals surface area contributed by atoms with Gasteiger partial charge in [-0.05, 0) is 6.92 Å². The molecule has 2 heterocycles. The summed E-state index contributed by atoms with van der Waals surface area (Å²) >= 11 is 0. The number of hydrogen-bond acceptors (Lipinski definition) is 9. The molecule has 146 valence electrons. The smallest absolute Gasteiger partial charge is 0.353 e. The summed E-state index contributed by atoms with van der Waals surface area (Å²) in [6.45, 7) is 2.34. The van der Waals surface area contributed by atoms with Gasteiger partial charge >= 0.3 is 19.3 Å². The highest BCUT2D eigenvalue weighted by Crippen LogP contribution is 2.41. The standard InChI is InChI=1S/C13H22N5O7P/c1-3-25-26(20,21)8-23-5-4-18-11-9(15-13(18)19)10(14)16-12(17-11)24-7-6-22-2/h3-8H2,1-2H3,(H,15,19)(H,20,21)(H2,14,16,17). The molecule has 13 heteroatoms. The van der Waals surface area contributed by atoms with Gasteiger partial charge in [0.15, 0.2) is 11.5 Å². The van der Waals surface area contributed by atoms with E-state index in [4.69, 9.17) is 19.9 Å². The summed E-state index contributed by atoms with van der Waals surface area (Å²) in [6, 6.07) is 0.0110. The second-order valence-electron chi connectivity index (χ2n) is 5.11. The summed E-state index contributed by atoms with van der Waals surface area (Å²) < 4.78 is 32.8. The Bertz CT molecular complexity index is 836. The Morgan fingerprint density at radius 3 is 2.77 bits per heavy atom. The third-order valence-electron chi connectivity index (χ3n) is 3.19. The van der Waals surface area contributed by atoms with Crippen LogP contribution in [0.25, 0.3) is 11.2 Å². The summed E-state index contributed by atoms with van der Waals surface area (Å²) in [7, 11) is -2.26. The first-order chi connectivity index (χ1) is 12.4. The lowest BCUT2D eigenvalue weighted by Gasteiger charge is -2.11. The van der Waals surface area contributed by atoms with E-state index in [2.05, 4.69) is 19.5 Å². The number of nitrogen functional groups attached to an aromatic ring is 1. The Labute approximate surface area is 148 Å². The summed E-state index contributed by atoms with van der Waals surface area (Å²) in [5.41, 5.74) is 5.88. The normalized spacial score (nSPS) is 13.8. The lowest BCUT2D eigenvalue weighted by molar-refractivity contribution is 0.138. The van der Waals surface area contributed by atoms with Gasteiger partial charge in [0.2, 0.25) is 0 Å². The van der Waals surface area contributed by atoms with Crippen molar-refractivity contribution in [3.05, 3.63) is 10.5 Å². The monoisotopic (exact) mass is 391 g/mol. The molecule has 0 bridgehead atoms. The number of aromatic nitrogens is 4. The second kappa shape index (κ2) is 9.10. The van der Waals surface area contributed by atoms with Gasteiger partial charge in [-0.15, -0.1) is 0 Å². The molecule has 0 saturated heterocycles. The lowest BCUT2D eigenvalue weighted by atomic mass is 10.5. The number of H-pyrrole nitrogens is 1. The summed E-state index contributed by atoms with van der Waals surface area (Å²) in [6.07, 6.45) is -0.472. The van der Waals surface area contributed by atoms with E-state index in [-0.39, 0.29) is 49.4 Å². The number of rotatable bonds is 11. The summed E-state index contributed by atoms with van der Waals surface area (Å²) in [4.78, 5) is 32.2. The van der Waals surface area contributed by atoms with E-state index < -0.39 is 19.6 Å². The summed E-state index contributed by atoms with van der Waals surface area (Å²) in [5, 5.41) is 0. The molecule has 0 fully saturated rings. The lowest BCUT2D eigenvalue weighted by Crippen LogP contribution is -2.20. The number of aromatic amines is 1. The summed E-state index contributed by atoms with van der Waals surface area (Å²) in [5.74, 6) is 0.0652. The first kappa shape index (κ1) is 20.3. The molecule has 1 atom stereocenters. The molecular formula is C13H22N5O7P. The van der Waals surface area contributed by atoms with Crippen molar-refractivity contribution in [3.8, 4) is 6.01 Å². The van der Waals surface area contributed by atoms with Gasteiger partial charge in [-0.2, -0.15) is 9.97 Å². The van der Waals surface area contributed by atoms with Crippen molar-refractivity contribution >= 4 is 24.6 Å². The molecule has 0 saturated carbocycles. The maximum atomic E-state index is 12.1. The minimum Gasteiger partial charge on any atom is -0.461 e. The van der Waals surface area contributed by atoms with Crippen LogP contribution >= 0.6 is 7.60 Å². The number of imidazole rings is 1. The van der Waals surface area contributed by atoms with Crippen molar-refractivity contribution < 1.29 is 28.2 Å². The van der Waals surface area contributed by atoms with E-state index in [9.17, 15) is 14.3 Å². The van der Waals surface area contributed by atoms with Crippen molar-refractivity contribution in [1.82, 2.24) is 19.5 Å². The third-order valence-corrected chi connectivity index (χ3v) is 4.36. The molecule has 0 aliphatic heterocycles. The van der Waals surface area contributed by atoms with Gasteiger partial charge in [0.05, 0.1) is 26.4 Å². The van der Waals surface area contributed by atoms with Gasteiger partial charge in [-0.25, -0.2) is 4.79 Å². The van der Waals surface area contributed by atoms with Gasteiger partial charge < -0.3 is 34.3 Å². The van der Waals surface area contributed by atoms with E-state index in [1.54, 1.807) is 6.92 Å². The number of anilines is 1. The van der Waals surface area contributed by atoms with Crippen LogP contribution in [0.15, 0.2) is 4.79 Å². The predicted octanol–water partition coefficient (Wildman–Crippen LogP) is -0.0770. The van der Waals surface area contributed by atoms with Gasteiger partial charge in [0, 0.05) is 7.11 Å². The fourth-order valence-corrected chi connectivity index (χ4v) is 2.93. The quantitative estimate of drug-likeness (QED) is 0.349. The zero-order chi connectivity index (χ0) is 19.2. The number of methoxy groups -OCH3 is 1. The number of fused-ring (bicyclic) bond motifs is 1. The number of nitrogens with one attached hydrogen (secondary N) is 1. The zero-order valence-electron chi connectivity index (χ0n) is 14.5. The average Bonchev–Trinajstić information content (AvgIpc) is 2.88. The van der Waals surface area contributed by atoms with Crippen molar-refractivity contribution in [2.75, 3.05) is 45.6 Å². The van der Waals surface area contributed by atoms with Crippen molar-refractivity contribution in [1.29, 1.82) is 0 Å². The number of hydrogen-bond donors (Lipinski definition) is 3. The van der Waals surface area contributed by atoms with Crippen LogP contribution in [0.5, 0.6) is 6.01 Å². The molecule has 1 unspecified atom stereocenters. The van der Waals surface area contributed by atoms with Gasteiger partial charge in [0.1, 0.15) is 18.5 Å². The molecule has 0 aromatic carbocycles. The average molecular weight is 391 g/mol. The minimum absolute atomic E-state index is 0.00570. The molecule has 0 amide bonds. The number of nitrogens with zero attached hydrogens (tertiary/aromatic N) is 3. The molecule has 0 aliphatic carbocycles. The second-order valence-corrected chi connectivity index (χ2v) is 6.90. The molecule has 0 aliphatic rings. The van der Waals surface area contributed by atoms with Crippen molar-refractivity contribution in [2.45, 2.75) is 13.5 Å². The zero-order valence-corrected chi connectivity index (χ0v) is 15.4. The van der Waals surface area contributed by atoms with E-state index in [1.165, 1.54) is 11.7 Å². The largest absolute Gasteiger partial charge is 0.461 e. The van der Waals surface area contributed by atoms with E-state index in [0.29, 0.717) is 6.61 Å². The molecule has 26 heavy (non-hydrogen) atoms. The van der Waals surface area contributed by atoms with Crippen molar-refractivity contribution in [2.24, 2.45) is 0 Å². The highest BCUT2D eigenvalue weighted by molar-refractivity contribution is 7.52. The molecule has 4 N–H and O–H groups in total. The molecule has 2 aromatic rings. The van der Waals surface area contributed by atoms with E-state index >= 15 is 0 Å². The first-order valence-electron chi connectivity index (χ1n) is 7.79. The molecule has 12 nitrogen and oxygen atoms in total. The molecule has 0 spiro atoms. The van der Waals surface area contributed by atoms with Crippen LogP contribution in [0.4, 0.5) is 5.82 Å². The highest BCUT2D eigenvalue weighted by Gasteiger charge is 2.19. The van der Waals surface area contributed by atoms with Gasteiger partial charge in [0.25, 0.3) is 0 Å². The molecular weight excluding hydrogens is 369 g/mol. The Balaban J connectivity index is 2.10. The Morgan fingerprint density at radius 1 is 1.31 bits per heavy atom. The Kier molecular flexibility index (Phi) is 7.12. The van der Waals surface area contributed by atoms with Gasteiger partial charge in [-0.1, -0.05) is 0 Å². The van der Waals surface area contributed by atoms with Crippen LogP contribution in [-0.4, -0.2) is 64.3 Å². The van der Waals surface area contributed by atoms with E-state index in [1.807, 2.05) is 0 Å².